The lowest BCUT2D eigenvalue weighted by Crippen LogP contribution is -2.22. The van der Waals surface area contributed by atoms with Gasteiger partial charge in [-0.2, -0.15) is 0 Å². The van der Waals surface area contributed by atoms with Crippen LogP contribution in [0.4, 0.5) is 0 Å². The molecule has 0 unspecified atom stereocenters. The Morgan fingerprint density at radius 3 is 2.41 bits per heavy atom. The van der Waals surface area contributed by atoms with E-state index in [0.717, 1.165) is 11.1 Å². The predicted octanol–water partition coefficient (Wildman–Crippen LogP) is 4.39. The molecule has 0 saturated carbocycles. The van der Waals surface area contributed by atoms with E-state index in [-0.39, 0.29) is 5.91 Å². The SMILES string of the molecule is Cc1ccc(C(=O)NCc2ccc3ccccc3c2)cc1C. The van der Waals surface area contributed by atoms with Gasteiger partial charge in [0, 0.05) is 12.1 Å². The van der Waals surface area contributed by atoms with E-state index in [2.05, 4.69) is 35.6 Å². The zero-order valence-electron chi connectivity index (χ0n) is 12.9. The maximum Gasteiger partial charge on any atom is 0.251 e. The summed E-state index contributed by atoms with van der Waals surface area (Å²) in [5, 5.41) is 5.40. The smallest absolute Gasteiger partial charge is 0.251 e. The molecule has 3 aromatic rings. The summed E-state index contributed by atoms with van der Waals surface area (Å²) >= 11 is 0. The molecular formula is C20H19NO. The molecular weight excluding hydrogens is 270 g/mol. The number of amides is 1. The third-order valence-corrected chi connectivity index (χ3v) is 4.04. The summed E-state index contributed by atoms with van der Waals surface area (Å²) in [6.07, 6.45) is 0. The molecule has 0 fully saturated rings. The van der Waals surface area contributed by atoms with Crippen molar-refractivity contribution in [3.63, 3.8) is 0 Å². The van der Waals surface area contributed by atoms with Gasteiger partial charge in [-0.25, -0.2) is 0 Å². The highest BCUT2D eigenvalue weighted by atomic mass is 16.1. The van der Waals surface area contributed by atoms with Crippen molar-refractivity contribution >= 4 is 16.7 Å². The Bertz CT molecular complexity index is 836. The van der Waals surface area contributed by atoms with Crippen LogP contribution in [-0.2, 0) is 6.54 Å². The van der Waals surface area contributed by atoms with Crippen molar-refractivity contribution in [2.45, 2.75) is 20.4 Å². The third kappa shape index (κ3) is 3.01. The van der Waals surface area contributed by atoms with E-state index in [4.69, 9.17) is 0 Å². The number of benzene rings is 3. The maximum absolute atomic E-state index is 12.2. The first kappa shape index (κ1) is 14.3. The van der Waals surface area contributed by atoms with E-state index in [1.165, 1.54) is 16.3 Å². The average Bonchev–Trinajstić information content (AvgIpc) is 2.55. The zero-order valence-corrected chi connectivity index (χ0v) is 12.9. The van der Waals surface area contributed by atoms with E-state index >= 15 is 0 Å². The number of aryl methyl sites for hydroxylation is 2. The van der Waals surface area contributed by atoms with Gasteiger partial charge in [0.25, 0.3) is 5.91 Å². The number of fused-ring (bicyclic) bond motifs is 1. The summed E-state index contributed by atoms with van der Waals surface area (Å²) in [4.78, 5) is 12.2. The van der Waals surface area contributed by atoms with Crippen molar-refractivity contribution in [1.82, 2.24) is 5.32 Å². The molecule has 1 amide bonds. The van der Waals surface area contributed by atoms with Crippen molar-refractivity contribution in [2.75, 3.05) is 0 Å². The van der Waals surface area contributed by atoms with E-state index in [0.29, 0.717) is 12.1 Å². The molecule has 0 heterocycles. The molecule has 0 saturated heterocycles. The van der Waals surface area contributed by atoms with E-state index in [1.807, 2.05) is 44.2 Å². The Morgan fingerprint density at radius 1 is 0.864 bits per heavy atom. The molecule has 110 valence electrons. The van der Waals surface area contributed by atoms with Crippen LogP contribution in [-0.4, -0.2) is 5.91 Å². The molecule has 0 aliphatic carbocycles. The van der Waals surface area contributed by atoms with E-state index in [1.54, 1.807) is 0 Å². The summed E-state index contributed by atoms with van der Waals surface area (Å²) in [6, 6.07) is 20.3. The van der Waals surface area contributed by atoms with E-state index in [9.17, 15) is 4.79 Å². The number of nitrogens with one attached hydrogen (secondary N) is 1. The van der Waals surface area contributed by atoms with Gasteiger partial charge in [-0.1, -0.05) is 42.5 Å². The van der Waals surface area contributed by atoms with E-state index < -0.39 is 0 Å². The second-order valence-corrected chi connectivity index (χ2v) is 5.66. The minimum atomic E-state index is -0.0312. The number of carbonyl (C=O) groups excluding carboxylic acids is 1. The molecule has 2 heteroatoms. The van der Waals surface area contributed by atoms with Crippen molar-refractivity contribution in [1.29, 1.82) is 0 Å². The molecule has 0 aromatic heterocycles. The summed E-state index contributed by atoms with van der Waals surface area (Å²) in [5.41, 5.74) is 4.16. The van der Waals surface area contributed by atoms with Crippen molar-refractivity contribution < 1.29 is 4.79 Å². The van der Waals surface area contributed by atoms with Crippen molar-refractivity contribution in [3.05, 3.63) is 82.9 Å². The molecule has 0 spiro atoms. The van der Waals surface area contributed by atoms with Gasteiger partial charge in [0.05, 0.1) is 0 Å². The fourth-order valence-electron chi connectivity index (χ4n) is 2.52. The fraction of sp³-hybridized carbons (Fsp3) is 0.150. The topological polar surface area (TPSA) is 29.1 Å². The van der Waals surface area contributed by atoms with Gasteiger partial charge in [0.2, 0.25) is 0 Å². The van der Waals surface area contributed by atoms with Crippen LogP contribution >= 0.6 is 0 Å². The molecule has 0 aliphatic rings. The highest BCUT2D eigenvalue weighted by molar-refractivity contribution is 5.94. The molecule has 2 nitrogen and oxygen atoms in total. The van der Waals surface area contributed by atoms with Crippen LogP contribution < -0.4 is 5.32 Å². The second kappa shape index (κ2) is 6.02. The first-order valence-corrected chi connectivity index (χ1v) is 7.46. The van der Waals surface area contributed by atoms with Gasteiger partial charge in [0.15, 0.2) is 0 Å². The second-order valence-electron chi connectivity index (χ2n) is 5.66. The Labute approximate surface area is 130 Å². The van der Waals surface area contributed by atoms with Gasteiger partial charge in [-0.15, -0.1) is 0 Å². The number of rotatable bonds is 3. The Balaban J connectivity index is 1.72. The lowest BCUT2D eigenvalue weighted by atomic mass is 10.1. The van der Waals surface area contributed by atoms with Crippen LogP contribution in [0.1, 0.15) is 27.0 Å². The molecule has 0 radical (unpaired) electrons. The Hall–Kier alpha value is -2.61. The lowest BCUT2D eigenvalue weighted by molar-refractivity contribution is 0.0951. The molecule has 0 bridgehead atoms. The number of hydrogen-bond donors (Lipinski definition) is 1. The zero-order chi connectivity index (χ0) is 15.5. The lowest BCUT2D eigenvalue weighted by Gasteiger charge is -2.08. The number of hydrogen-bond acceptors (Lipinski definition) is 1. The van der Waals surface area contributed by atoms with Gasteiger partial charge >= 0.3 is 0 Å². The highest BCUT2D eigenvalue weighted by Gasteiger charge is 2.06. The summed E-state index contributed by atoms with van der Waals surface area (Å²) in [5.74, 6) is -0.0312. The molecule has 1 N–H and O–H groups in total. The summed E-state index contributed by atoms with van der Waals surface area (Å²) in [6.45, 7) is 4.61. The van der Waals surface area contributed by atoms with Crippen molar-refractivity contribution in [3.8, 4) is 0 Å². The van der Waals surface area contributed by atoms with Gasteiger partial charge in [-0.05, 0) is 59.5 Å². The van der Waals surface area contributed by atoms with Crippen LogP contribution in [0.5, 0.6) is 0 Å². The van der Waals surface area contributed by atoms with Crippen LogP contribution in [0.25, 0.3) is 10.8 Å². The fourth-order valence-corrected chi connectivity index (χ4v) is 2.52. The largest absolute Gasteiger partial charge is 0.348 e. The predicted molar refractivity (Wildman–Crippen MR) is 91.0 cm³/mol. The molecule has 0 atom stereocenters. The maximum atomic E-state index is 12.2. The first-order chi connectivity index (χ1) is 10.6. The molecule has 22 heavy (non-hydrogen) atoms. The van der Waals surface area contributed by atoms with Crippen LogP contribution in [0.2, 0.25) is 0 Å². The highest BCUT2D eigenvalue weighted by Crippen LogP contribution is 2.16. The standard InChI is InChI=1S/C20H19NO/c1-14-7-9-19(11-15(14)2)20(22)21-13-16-8-10-17-5-3-4-6-18(17)12-16/h3-12H,13H2,1-2H3,(H,21,22). The number of carbonyl (C=O) groups is 1. The monoisotopic (exact) mass is 289 g/mol. The molecule has 3 rings (SSSR count). The van der Waals surface area contributed by atoms with Crippen LogP contribution in [0.3, 0.4) is 0 Å². The van der Waals surface area contributed by atoms with Crippen LogP contribution in [0, 0.1) is 13.8 Å². The van der Waals surface area contributed by atoms with Gasteiger partial charge in [-0.3, -0.25) is 4.79 Å². The molecule has 3 aromatic carbocycles. The van der Waals surface area contributed by atoms with Crippen LogP contribution in [0.15, 0.2) is 60.7 Å². The van der Waals surface area contributed by atoms with Crippen molar-refractivity contribution in [2.24, 2.45) is 0 Å². The minimum absolute atomic E-state index is 0.0312. The minimum Gasteiger partial charge on any atom is -0.348 e. The Morgan fingerprint density at radius 2 is 1.64 bits per heavy atom. The first-order valence-electron chi connectivity index (χ1n) is 7.46. The third-order valence-electron chi connectivity index (χ3n) is 4.04. The average molecular weight is 289 g/mol. The normalized spacial score (nSPS) is 10.6. The summed E-state index contributed by atoms with van der Waals surface area (Å²) in [7, 11) is 0. The Kier molecular flexibility index (Phi) is 3.92. The quantitative estimate of drug-likeness (QED) is 0.761. The molecule has 0 aliphatic heterocycles. The van der Waals surface area contributed by atoms with Gasteiger partial charge < -0.3 is 5.32 Å². The van der Waals surface area contributed by atoms with Gasteiger partial charge in [0.1, 0.15) is 0 Å². The summed E-state index contributed by atoms with van der Waals surface area (Å²) < 4.78 is 0.